The Morgan fingerprint density at radius 1 is 1.37 bits per heavy atom. The summed E-state index contributed by atoms with van der Waals surface area (Å²) in [5.74, 6) is -0.271. The summed E-state index contributed by atoms with van der Waals surface area (Å²) in [5.41, 5.74) is 0.865. The highest BCUT2D eigenvalue weighted by atomic mass is 35.5. The summed E-state index contributed by atoms with van der Waals surface area (Å²) in [7, 11) is 0. The second-order valence-corrected chi connectivity index (χ2v) is 6.44. The van der Waals surface area contributed by atoms with Gasteiger partial charge in [-0.2, -0.15) is 0 Å². The van der Waals surface area contributed by atoms with Crippen molar-refractivity contribution < 1.29 is 9.59 Å². The zero-order valence-electron chi connectivity index (χ0n) is 10.1. The van der Waals surface area contributed by atoms with Crippen molar-refractivity contribution in [1.29, 1.82) is 0 Å². The van der Waals surface area contributed by atoms with Gasteiger partial charge in [0.25, 0.3) is 0 Å². The highest BCUT2D eigenvalue weighted by Gasteiger charge is 2.12. The van der Waals surface area contributed by atoms with E-state index in [9.17, 15) is 9.59 Å². The van der Waals surface area contributed by atoms with Gasteiger partial charge in [0.15, 0.2) is 10.9 Å². The van der Waals surface area contributed by atoms with Crippen LogP contribution in [0.5, 0.6) is 0 Å². The molecule has 1 amide bonds. The van der Waals surface area contributed by atoms with Crippen LogP contribution in [-0.4, -0.2) is 16.7 Å². The van der Waals surface area contributed by atoms with Gasteiger partial charge in [-0.25, -0.2) is 4.98 Å². The normalized spacial score (nSPS) is 10.4. The number of amides is 1. The van der Waals surface area contributed by atoms with E-state index in [1.165, 1.54) is 22.7 Å². The number of thiazole rings is 1. The molecule has 7 heteroatoms. The van der Waals surface area contributed by atoms with Crippen LogP contribution in [0.25, 0.3) is 0 Å². The molecule has 2 heterocycles. The second kappa shape index (κ2) is 6.27. The first-order chi connectivity index (χ1) is 9.04. The number of carbonyl (C=O) groups is 2. The number of halogens is 1. The van der Waals surface area contributed by atoms with Crippen molar-refractivity contribution in [1.82, 2.24) is 4.98 Å². The number of rotatable bonds is 5. The van der Waals surface area contributed by atoms with Crippen LogP contribution in [0.2, 0.25) is 4.34 Å². The zero-order chi connectivity index (χ0) is 13.8. The summed E-state index contributed by atoms with van der Waals surface area (Å²) in [6, 6.07) is 3.36. The third kappa shape index (κ3) is 4.12. The van der Waals surface area contributed by atoms with Crippen LogP contribution in [0.3, 0.4) is 0 Å². The van der Waals surface area contributed by atoms with E-state index >= 15 is 0 Å². The molecule has 4 nitrogen and oxygen atoms in total. The molecule has 0 aliphatic rings. The molecule has 19 heavy (non-hydrogen) atoms. The van der Waals surface area contributed by atoms with Crippen molar-refractivity contribution in [3.63, 3.8) is 0 Å². The maximum atomic E-state index is 11.8. The first-order valence-electron chi connectivity index (χ1n) is 5.55. The predicted octanol–water partition coefficient (Wildman–Crippen LogP) is 3.77. The van der Waals surface area contributed by atoms with E-state index in [1.807, 2.05) is 12.3 Å². The van der Waals surface area contributed by atoms with Crippen molar-refractivity contribution in [2.45, 2.75) is 19.8 Å². The fourth-order valence-electron chi connectivity index (χ4n) is 1.41. The van der Waals surface area contributed by atoms with E-state index in [-0.39, 0.29) is 24.5 Å². The maximum absolute atomic E-state index is 11.8. The highest BCUT2D eigenvalue weighted by molar-refractivity contribution is 7.18. The van der Waals surface area contributed by atoms with Gasteiger partial charge in [-0.15, -0.1) is 22.7 Å². The van der Waals surface area contributed by atoms with Crippen molar-refractivity contribution in [3.05, 3.63) is 32.4 Å². The molecule has 0 aromatic carbocycles. The Morgan fingerprint density at radius 3 is 2.74 bits per heavy atom. The molecule has 2 rings (SSSR count). The Labute approximate surface area is 123 Å². The minimum absolute atomic E-state index is 0.0673. The number of nitrogens with one attached hydrogen (secondary N) is 1. The molecular weight excluding hydrogens is 304 g/mol. The summed E-state index contributed by atoms with van der Waals surface area (Å²) >= 11 is 8.35. The lowest BCUT2D eigenvalue weighted by molar-refractivity contribution is -0.116. The summed E-state index contributed by atoms with van der Waals surface area (Å²) in [5, 5.41) is 5.09. The Balaban J connectivity index is 1.82. The zero-order valence-corrected chi connectivity index (χ0v) is 12.5. The molecular formula is C12H11ClN2O2S2. The number of aryl methyl sites for hydroxylation is 1. The van der Waals surface area contributed by atoms with Crippen molar-refractivity contribution in [2.24, 2.45) is 0 Å². The summed E-state index contributed by atoms with van der Waals surface area (Å²) < 4.78 is 0.575. The monoisotopic (exact) mass is 314 g/mol. The number of carbonyl (C=O) groups excluding carboxylic acids is 2. The lowest BCUT2D eigenvalue weighted by Crippen LogP contribution is -2.13. The van der Waals surface area contributed by atoms with Crippen molar-refractivity contribution in [3.8, 4) is 0 Å². The van der Waals surface area contributed by atoms with Gasteiger partial charge in [0.1, 0.15) is 0 Å². The highest BCUT2D eigenvalue weighted by Crippen LogP contribution is 2.23. The van der Waals surface area contributed by atoms with Crippen LogP contribution in [0.1, 0.15) is 28.2 Å². The Bertz CT molecular complexity index is 606. The molecule has 2 aromatic rings. The summed E-state index contributed by atoms with van der Waals surface area (Å²) in [6.07, 6.45) is 0.319. The Kier molecular flexibility index (Phi) is 4.68. The second-order valence-electron chi connectivity index (χ2n) is 3.87. The first-order valence-corrected chi connectivity index (χ1v) is 7.62. The van der Waals surface area contributed by atoms with Gasteiger partial charge in [0, 0.05) is 18.2 Å². The minimum atomic E-state index is -0.203. The molecule has 2 aromatic heterocycles. The fourth-order valence-corrected chi connectivity index (χ4v) is 3.12. The van der Waals surface area contributed by atoms with Crippen LogP contribution >= 0.6 is 34.3 Å². The number of anilines is 1. The molecule has 0 unspecified atom stereocenters. The topological polar surface area (TPSA) is 59.1 Å². The van der Waals surface area contributed by atoms with Crippen LogP contribution in [-0.2, 0) is 4.79 Å². The Morgan fingerprint density at radius 2 is 2.16 bits per heavy atom. The molecule has 1 N–H and O–H groups in total. The summed E-state index contributed by atoms with van der Waals surface area (Å²) in [4.78, 5) is 28.1. The van der Waals surface area contributed by atoms with Crippen molar-refractivity contribution in [2.75, 3.05) is 5.32 Å². The van der Waals surface area contributed by atoms with Gasteiger partial charge in [-0.1, -0.05) is 11.6 Å². The standard InChI is InChI=1S/C12H11ClN2O2S2/c1-7-6-18-12(14-7)15-11(17)5-2-8(16)9-3-4-10(13)19-9/h3-4,6H,2,5H2,1H3,(H,14,15,17). The smallest absolute Gasteiger partial charge is 0.226 e. The summed E-state index contributed by atoms with van der Waals surface area (Å²) in [6.45, 7) is 1.86. The van der Waals surface area contributed by atoms with E-state index in [1.54, 1.807) is 12.1 Å². The Hall–Kier alpha value is -1.24. The number of Topliss-reactive ketones (excluding diaryl/α,β-unsaturated/α-hetero) is 1. The maximum Gasteiger partial charge on any atom is 0.226 e. The lowest BCUT2D eigenvalue weighted by Gasteiger charge is -2.00. The first kappa shape index (κ1) is 14.2. The van der Waals surface area contributed by atoms with E-state index in [2.05, 4.69) is 10.3 Å². The van der Waals surface area contributed by atoms with Crippen LogP contribution in [0.4, 0.5) is 5.13 Å². The molecule has 0 saturated heterocycles. The third-order valence-electron chi connectivity index (χ3n) is 2.29. The van der Waals surface area contributed by atoms with Gasteiger partial charge in [-0.05, 0) is 19.1 Å². The van der Waals surface area contributed by atoms with Crippen molar-refractivity contribution >= 4 is 51.1 Å². The SMILES string of the molecule is Cc1csc(NC(=O)CCC(=O)c2ccc(Cl)s2)n1. The van der Waals surface area contributed by atoms with E-state index in [0.717, 1.165) is 5.69 Å². The van der Waals surface area contributed by atoms with Gasteiger partial charge < -0.3 is 5.32 Å². The van der Waals surface area contributed by atoms with Gasteiger partial charge in [-0.3, -0.25) is 9.59 Å². The number of hydrogen-bond acceptors (Lipinski definition) is 5. The number of hydrogen-bond donors (Lipinski definition) is 1. The van der Waals surface area contributed by atoms with Gasteiger partial charge in [0.05, 0.1) is 14.9 Å². The molecule has 0 saturated carbocycles. The fraction of sp³-hybridized carbons (Fsp3) is 0.250. The average Bonchev–Trinajstić information content (AvgIpc) is 2.95. The molecule has 0 spiro atoms. The molecule has 0 radical (unpaired) electrons. The van der Waals surface area contributed by atoms with Crippen LogP contribution in [0, 0.1) is 6.92 Å². The molecule has 0 aliphatic heterocycles. The molecule has 100 valence electrons. The molecule has 0 fully saturated rings. The molecule has 0 atom stereocenters. The predicted molar refractivity (Wildman–Crippen MR) is 78.4 cm³/mol. The number of aromatic nitrogens is 1. The van der Waals surface area contributed by atoms with Crippen LogP contribution < -0.4 is 5.32 Å². The van der Waals surface area contributed by atoms with Gasteiger partial charge in [0.2, 0.25) is 5.91 Å². The van der Waals surface area contributed by atoms with Crippen LogP contribution in [0.15, 0.2) is 17.5 Å². The average molecular weight is 315 g/mol. The lowest BCUT2D eigenvalue weighted by atomic mass is 10.2. The van der Waals surface area contributed by atoms with E-state index in [0.29, 0.717) is 14.3 Å². The number of nitrogens with zero attached hydrogens (tertiary/aromatic N) is 1. The third-order valence-corrected chi connectivity index (χ3v) is 4.44. The van der Waals surface area contributed by atoms with Gasteiger partial charge >= 0.3 is 0 Å². The van der Waals surface area contributed by atoms with E-state index < -0.39 is 0 Å². The minimum Gasteiger partial charge on any atom is -0.302 e. The van der Waals surface area contributed by atoms with E-state index in [4.69, 9.17) is 11.6 Å². The number of ketones is 1. The molecule has 0 bridgehead atoms. The molecule has 0 aliphatic carbocycles. The quantitative estimate of drug-likeness (QED) is 0.855. The largest absolute Gasteiger partial charge is 0.302 e. The number of thiophene rings is 1.